The number of nitrogens with one attached hydrogen (secondary N) is 1. The summed E-state index contributed by atoms with van der Waals surface area (Å²) >= 11 is 0. The number of hydrogen-bond acceptors (Lipinski definition) is 9. The maximum atomic E-state index is 14.2. The Labute approximate surface area is 187 Å². The first-order valence-corrected chi connectivity index (χ1v) is 11.8. The smallest absolute Gasteiger partial charge is 0.359 e. The second-order valence-corrected chi connectivity index (χ2v) is 11.2. The van der Waals surface area contributed by atoms with E-state index >= 15 is 0 Å². The number of aromatic amines is 1. The second-order valence-electron chi connectivity index (χ2n) is 8.84. The molecule has 3 rings (SSSR count). The Morgan fingerprint density at radius 3 is 2.52 bits per heavy atom. The summed E-state index contributed by atoms with van der Waals surface area (Å²) in [5.74, 6) is -1.36. The molecule has 0 aliphatic carbocycles. The van der Waals surface area contributed by atoms with Crippen LogP contribution < -0.4 is 11.1 Å². The van der Waals surface area contributed by atoms with Crippen molar-refractivity contribution in [1.82, 2.24) is 14.4 Å². The van der Waals surface area contributed by atoms with Crippen molar-refractivity contribution in [2.75, 3.05) is 0 Å². The zero-order valence-corrected chi connectivity index (χ0v) is 19.3. The number of H-pyrrole nitrogens is 1. The number of rotatable bonds is 7. The summed E-state index contributed by atoms with van der Waals surface area (Å²) in [6, 6.07) is 0.645. The number of nitrogens with zero attached hydrogens (tertiary/aromatic N) is 2. The van der Waals surface area contributed by atoms with Crippen LogP contribution in [-0.4, -0.2) is 63.8 Å². The minimum absolute atomic E-state index is 0.178. The van der Waals surface area contributed by atoms with Crippen molar-refractivity contribution in [3.8, 4) is 0 Å². The summed E-state index contributed by atoms with van der Waals surface area (Å²) in [6.07, 6.45) is -4.66. The van der Waals surface area contributed by atoms with Crippen molar-refractivity contribution in [1.29, 1.82) is 0 Å². The van der Waals surface area contributed by atoms with Gasteiger partial charge in [0.25, 0.3) is 11.1 Å². The molecule has 6 atom stereocenters. The van der Waals surface area contributed by atoms with Crippen molar-refractivity contribution >= 4 is 13.4 Å². The van der Waals surface area contributed by atoms with Crippen molar-refractivity contribution in [2.24, 2.45) is 0 Å². The van der Waals surface area contributed by atoms with Crippen LogP contribution in [0.1, 0.15) is 52.2 Å². The van der Waals surface area contributed by atoms with E-state index < -0.39 is 60.0 Å². The van der Waals surface area contributed by atoms with Gasteiger partial charge in [0.15, 0.2) is 5.34 Å². The lowest BCUT2D eigenvalue weighted by molar-refractivity contribution is -0.0523. The number of aromatic nitrogens is 3. The highest BCUT2D eigenvalue weighted by Crippen LogP contribution is 2.57. The molecule has 0 saturated carbocycles. The Bertz CT molecular complexity index is 1210. The minimum atomic E-state index is -4.50. The highest BCUT2D eigenvalue weighted by molar-refractivity contribution is 7.54. The Morgan fingerprint density at radius 1 is 1.30 bits per heavy atom. The number of fused-ring (bicyclic) bond motifs is 1. The van der Waals surface area contributed by atoms with E-state index in [0.717, 1.165) is 24.4 Å². The Hall–Kier alpha value is -1.99. The molecule has 3 heterocycles. The molecule has 0 bridgehead atoms. The van der Waals surface area contributed by atoms with Crippen molar-refractivity contribution in [2.45, 2.75) is 75.9 Å². The van der Waals surface area contributed by atoms with Crippen LogP contribution in [0.25, 0.3) is 5.78 Å². The largest absolute Gasteiger partial charge is 0.388 e. The van der Waals surface area contributed by atoms with Crippen molar-refractivity contribution in [3.63, 3.8) is 0 Å². The van der Waals surface area contributed by atoms with E-state index in [2.05, 4.69) is 9.97 Å². The van der Waals surface area contributed by atoms with E-state index in [4.69, 9.17) is 9.26 Å². The maximum absolute atomic E-state index is 14.2. The molecular formula is C19H27FN3O9P. The number of halogens is 1. The summed E-state index contributed by atoms with van der Waals surface area (Å²) in [5, 5.41) is 29.0. The first-order chi connectivity index (χ1) is 15.1. The van der Waals surface area contributed by atoms with Gasteiger partial charge in [-0.1, -0.05) is 6.92 Å². The SMILES string of the molecule is CCC(C)(CC1OC(c2cn3c(F)cc(=O)[nH]c3nc2=O)C(O)C1O)OP(=O)(O)C(C)(C)O. The van der Waals surface area contributed by atoms with Crippen LogP contribution in [0.3, 0.4) is 0 Å². The van der Waals surface area contributed by atoms with Crippen LogP contribution in [0.4, 0.5) is 4.39 Å². The van der Waals surface area contributed by atoms with Gasteiger partial charge in [-0.3, -0.25) is 23.5 Å². The van der Waals surface area contributed by atoms with Gasteiger partial charge in [-0.15, -0.1) is 0 Å². The first-order valence-electron chi connectivity index (χ1n) is 10.2. The molecule has 1 fully saturated rings. The third kappa shape index (κ3) is 4.94. The van der Waals surface area contributed by atoms with Crippen LogP contribution in [-0.2, 0) is 13.8 Å². The number of aliphatic hydroxyl groups is 3. The standard InChI is InChI=1S/C19H27FN3O9P/c1-5-19(4,32-33(29,30)18(2,3)28)7-10-13(25)14(26)15(31-10)9-8-23-11(20)6-12(24)21-17(23)22-16(9)27/h6,8,10,13-15,25-26,28H,5,7H2,1-4H3,(H,29,30)(H,21,22,24,27). The zero-order valence-electron chi connectivity index (χ0n) is 18.4. The van der Waals surface area contributed by atoms with Crippen LogP contribution >= 0.6 is 7.60 Å². The van der Waals surface area contributed by atoms with E-state index in [1.165, 1.54) is 6.92 Å². The van der Waals surface area contributed by atoms with Gasteiger partial charge in [0.2, 0.25) is 11.7 Å². The van der Waals surface area contributed by atoms with Crippen molar-refractivity contribution < 1.29 is 38.4 Å². The molecule has 14 heteroatoms. The topological polar surface area (TPSA) is 184 Å². The normalized spacial score (nSPS) is 27.4. The summed E-state index contributed by atoms with van der Waals surface area (Å²) < 4.78 is 38.5. The molecule has 2 aromatic heterocycles. The molecule has 184 valence electrons. The van der Waals surface area contributed by atoms with Gasteiger partial charge in [-0.05, 0) is 27.2 Å². The summed E-state index contributed by atoms with van der Waals surface area (Å²) in [7, 11) is -4.50. The number of hydrogen-bond donors (Lipinski definition) is 5. The molecule has 0 spiro atoms. The van der Waals surface area contributed by atoms with Gasteiger partial charge in [0, 0.05) is 12.6 Å². The molecule has 6 unspecified atom stereocenters. The molecule has 1 aliphatic heterocycles. The van der Waals surface area contributed by atoms with E-state index in [9.17, 15) is 38.8 Å². The van der Waals surface area contributed by atoms with E-state index in [0.29, 0.717) is 6.07 Å². The Balaban J connectivity index is 1.91. The van der Waals surface area contributed by atoms with E-state index in [-0.39, 0.29) is 24.2 Å². The van der Waals surface area contributed by atoms with Gasteiger partial charge >= 0.3 is 7.60 Å². The summed E-state index contributed by atoms with van der Waals surface area (Å²) in [5.41, 5.74) is -3.33. The molecule has 33 heavy (non-hydrogen) atoms. The first kappa shape index (κ1) is 25.6. The van der Waals surface area contributed by atoms with Crippen LogP contribution in [0.5, 0.6) is 0 Å². The highest BCUT2D eigenvalue weighted by Gasteiger charge is 2.50. The molecule has 0 aromatic carbocycles. The van der Waals surface area contributed by atoms with Gasteiger partial charge in [0.05, 0.1) is 23.3 Å². The van der Waals surface area contributed by atoms with Gasteiger partial charge in [-0.25, -0.2) is 0 Å². The van der Waals surface area contributed by atoms with Crippen LogP contribution in [0.15, 0.2) is 21.9 Å². The molecular weight excluding hydrogens is 464 g/mol. The fourth-order valence-electron chi connectivity index (χ4n) is 3.50. The average Bonchev–Trinajstić information content (AvgIpc) is 2.94. The number of ether oxygens (including phenoxy) is 1. The lowest BCUT2D eigenvalue weighted by Gasteiger charge is -2.36. The molecule has 1 saturated heterocycles. The van der Waals surface area contributed by atoms with Crippen LogP contribution in [0, 0.1) is 5.95 Å². The zero-order chi connectivity index (χ0) is 24.9. The third-order valence-corrected chi connectivity index (χ3v) is 7.82. The van der Waals surface area contributed by atoms with E-state index in [1.54, 1.807) is 6.92 Å². The molecule has 5 N–H and O–H groups in total. The third-order valence-electron chi connectivity index (χ3n) is 5.75. The van der Waals surface area contributed by atoms with Crippen molar-refractivity contribution in [3.05, 3.63) is 44.5 Å². The van der Waals surface area contributed by atoms with E-state index in [1.807, 2.05) is 0 Å². The Kier molecular flexibility index (Phi) is 6.72. The second kappa shape index (κ2) is 8.66. The average molecular weight is 491 g/mol. The van der Waals surface area contributed by atoms with Crippen LogP contribution in [0.2, 0.25) is 0 Å². The maximum Gasteiger partial charge on any atom is 0.359 e. The Morgan fingerprint density at radius 2 is 1.94 bits per heavy atom. The van der Waals surface area contributed by atoms with Gasteiger partial charge < -0.3 is 29.5 Å². The molecule has 0 radical (unpaired) electrons. The fourth-order valence-corrected chi connectivity index (χ4v) is 4.52. The monoisotopic (exact) mass is 491 g/mol. The lowest BCUT2D eigenvalue weighted by atomic mass is 9.92. The predicted molar refractivity (Wildman–Crippen MR) is 112 cm³/mol. The fraction of sp³-hybridized carbons (Fsp3) is 0.632. The quantitative estimate of drug-likeness (QED) is 0.264. The predicted octanol–water partition coefficient (Wildman–Crippen LogP) is 0.173. The highest BCUT2D eigenvalue weighted by atomic mass is 31.2. The van der Waals surface area contributed by atoms with Gasteiger partial charge in [-0.2, -0.15) is 9.37 Å². The summed E-state index contributed by atoms with van der Waals surface area (Å²) in [6.45, 7) is 5.38. The lowest BCUT2D eigenvalue weighted by Crippen LogP contribution is -2.39. The molecule has 1 aliphatic rings. The molecule has 12 nitrogen and oxygen atoms in total. The molecule has 2 aromatic rings. The minimum Gasteiger partial charge on any atom is -0.388 e. The molecule has 0 amide bonds. The van der Waals surface area contributed by atoms with Gasteiger partial charge in [0.1, 0.15) is 18.3 Å². The number of aliphatic hydroxyl groups excluding tert-OH is 2. The summed E-state index contributed by atoms with van der Waals surface area (Å²) in [4.78, 5) is 39.8.